The standard InChI is InChI=1S/C17H26N4/c1-12(2)17-20-19-16(21(17)5)11-18-14(4)13(3)15-9-7-6-8-10-15/h6-10,12-14,18H,11H2,1-5H3. The van der Waals surface area contributed by atoms with E-state index in [2.05, 4.69) is 78.1 Å². The van der Waals surface area contributed by atoms with Crippen molar-refractivity contribution in [2.45, 2.75) is 52.1 Å². The Morgan fingerprint density at radius 3 is 2.29 bits per heavy atom. The number of aromatic nitrogens is 3. The molecule has 2 aromatic rings. The number of nitrogens with zero attached hydrogens (tertiary/aromatic N) is 3. The van der Waals surface area contributed by atoms with Crippen molar-refractivity contribution in [3.05, 3.63) is 47.5 Å². The van der Waals surface area contributed by atoms with Crippen LogP contribution in [0.25, 0.3) is 0 Å². The van der Waals surface area contributed by atoms with E-state index in [0.29, 0.717) is 17.9 Å². The first-order valence-corrected chi connectivity index (χ1v) is 7.67. The van der Waals surface area contributed by atoms with Gasteiger partial charge in [0.1, 0.15) is 11.6 Å². The summed E-state index contributed by atoms with van der Waals surface area (Å²) in [6.45, 7) is 9.50. The van der Waals surface area contributed by atoms with Crippen molar-refractivity contribution in [1.29, 1.82) is 0 Å². The van der Waals surface area contributed by atoms with Gasteiger partial charge in [-0.3, -0.25) is 0 Å². The van der Waals surface area contributed by atoms with Crippen LogP contribution < -0.4 is 5.32 Å². The van der Waals surface area contributed by atoms with Crippen molar-refractivity contribution in [2.75, 3.05) is 0 Å². The Hall–Kier alpha value is -1.68. The number of benzene rings is 1. The van der Waals surface area contributed by atoms with E-state index in [1.54, 1.807) is 0 Å². The van der Waals surface area contributed by atoms with E-state index in [1.165, 1.54) is 5.56 Å². The van der Waals surface area contributed by atoms with E-state index in [-0.39, 0.29) is 0 Å². The Bertz CT molecular complexity index is 559. The van der Waals surface area contributed by atoms with Crippen LogP contribution in [-0.2, 0) is 13.6 Å². The molecule has 0 saturated carbocycles. The number of nitrogens with one attached hydrogen (secondary N) is 1. The molecule has 4 nitrogen and oxygen atoms in total. The molecule has 0 fully saturated rings. The van der Waals surface area contributed by atoms with Gasteiger partial charge in [-0.15, -0.1) is 10.2 Å². The topological polar surface area (TPSA) is 42.7 Å². The fourth-order valence-corrected chi connectivity index (χ4v) is 2.51. The zero-order valence-electron chi connectivity index (χ0n) is 13.7. The van der Waals surface area contributed by atoms with Crippen LogP contribution in [0.15, 0.2) is 30.3 Å². The highest BCUT2D eigenvalue weighted by Crippen LogP contribution is 2.19. The molecule has 1 heterocycles. The minimum atomic E-state index is 0.381. The van der Waals surface area contributed by atoms with Crippen molar-refractivity contribution in [3.8, 4) is 0 Å². The molecule has 0 bridgehead atoms. The molecule has 0 aliphatic carbocycles. The molecule has 0 radical (unpaired) electrons. The van der Waals surface area contributed by atoms with E-state index in [0.717, 1.165) is 18.2 Å². The minimum Gasteiger partial charge on any atom is -0.317 e. The fourth-order valence-electron chi connectivity index (χ4n) is 2.51. The smallest absolute Gasteiger partial charge is 0.146 e. The van der Waals surface area contributed by atoms with Crippen molar-refractivity contribution >= 4 is 0 Å². The van der Waals surface area contributed by atoms with E-state index in [1.807, 2.05) is 7.05 Å². The third-order valence-electron chi connectivity index (χ3n) is 4.17. The Morgan fingerprint density at radius 2 is 1.71 bits per heavy atom. The summed E-state index contributed by atoms with van der Waals surface area (Å²) in [6, 6.07) is 11.0. The first-order valence-electron chi connectivity index (χ1n) is 7.67. The van der Waals surface area contributed by atoms with Crippen LogP contribution in [0, 0.1) is 0 Å². The Morgan fingerprint density at radius 1 is 1.05 bits per heavy atom. The van der Waals surface area contributed by atoms with Gasteiger partial charge in [0, 0.05) is 19.0 Å². The normalized spacial score (nSPS) is 14.4. The quantitative estimate of drug-likeness (QED) is 0.886. The van der Waals surface area contributed by atoms with Gasteiger partial charge in [0.25, 0.3) is 0 Å². The lowest BCUT2D eigenvalue weighted by Crippen LogP contribution is -2.31. The van der Waals surface area contributed by atoms with Crippen LogP contribution in [0.4, 0.5) is 0 Å². The molecule has 0 amide bonds. The number of hydrogen-bond acceptors (Lipinski definition) is 3. The summed E-state index contributed by atoms with van der Waals surface area (Å²) in [5.74, 6) is 2.89. The lowest BCUT2D eigenvalue weighted by atomic mass is 9.94. The summed E-state index contributed by atoms with van der Waals surface area (Å²) in [7, 11) is 2.04. The number of hydrogen-bond donors (Lipinski definition) is 1. The summed E-state index contributed by atoms with van der Waals surface area (Å²) in [5.41, 5.74) is 1.36. The first-order chi connectivity index (χ1) is 10.0. The van der Waals surface area contributed by atoms with Crippen molar-refractivity contribution in [2.24, 2.45) is 7.05 Å². The highest BCUT2D eigenvalue weighted by atomic mass is 15.3. The molecule has 1 N–H and O–H groups in total. The second kappa shape index (κ2) is 6.85. The van der Waals surface area contributed by atoms with Crippen molar-refractivity contribution in [1.82, 2.24) is 20.1 Å². The predicted molar refractivity (Wildman–Crippen MR) is 86.3 cm³/mol. The van der Waals surface area contributed by atoms with Gasteiger partial charge in [-0.25, -0.2) is 0 Å². The van der Waals surface area contributed by atoms with Crippen LogP contribution >= 0.6 is 0 Å². The summed E-state index contributed by atoms with van der Waals surface area (Å²) < 4.78 is 2.09. The monoisotopic (exact) mass is 286 g/mol. The number of rotatable bonds is 6. The van der Waals surface area contributed by atoms with Gasteiger partial charge < -0.3 is 9.88 Å². The van der Waals surface area contributed by atoms with Crippen LogP contribution in [0.1, 0.15) is 56.7 Å². The molecule has 1 aromatic carbocycles. The summed E-state index contributed by atoms with van der Waals surface area (Å²) in [5, 5.41) is 12.1. The molecule has 2 unspecified atom stereocenters. The molecule has 0 aliphatic rings. The van der Waals surface area contributed by atoms with Gasteiger partial charge in [-0.2, -0.15) is 0 Å². The molecular formula is C17H26N4. The second-order valence-electron chi connectivity index (χ2n) is 6.06. The Kier molecular flexibility index (Phi) is 5.12. The van der Waals surface area contributed by atoms with Gasteiger partial charge in [-0.05, 0) is 18.4 Å². The average molecular weight is 286 g/mol. The van der Waals surface area contributed by atoms with Gasteiger partial charge in [0.05, 0.1) is 6.54 Å². The predicted octanol–water partition coefficient (Wildman–Crippen LogP) is 3.22. The molecule has 4 heteroatoms. The van der Waals surface area contributed by atoms with E-state index < -0.39 is 0 Å². The molecule has 1 aromatic heterocycles. The highest BCUT2D eigenvalue weighted by Gasteiger charge is 2.16. The van der Waals surface area contributed by atoms with Crippen LogP contribution in [0.2, 0.25) is 0 Å². The zero-order valence-corrected chi connectivity index (χ0v) is 13.7. The largest absolute Gasteiger partial charge is 0.317 e. The average Bonchev–Trinajstić information content (AvgIpc) is 2.86. The Balaban J connectivity index is 1.97. The van der Waals surface area contributed by atoms with Gasteiger partial charge in [0.2, 0.25) is 0 Å². The molecule has 2 rings (SSSR count). The lowest BCUT2D eigenvalue weighted by molar-refractivity contribution is 0.467. The maximum Gasteiger partial charge on any atom is 0.146 e. The minimum absolute atomic E-state index is 0.381. The molecule has 0 aliphatic heterocycles. The third kappa shape index (κ3) is 3.70. The fraction of sp³-hybridized carbons (Fsp3) is 0.529. The van der Waals surface area contributed by atoms with E-state index >= 15 is 0 Å². The molecule has 2 atom stereocenters. The van der Waals surface area contributed by atoms with E-state index in [9.17, 15) is 0 Å². The van der Waals surface area contributed by atoms with Crippen molar-refractivity contribution < 1.29 is 0 Å². The van der Waals surface area contributed by atoms with Gasteiger partial charge in [0.15, 0.2) is 0 Å². The molecule has 21 heavy (non-hydrogen) atoms. The maximum absolute atomic E-state index is 4.29. The van der Waals surface area contributed by atoms with Gasteiger partial charge in [-0.1, -0.05) is 51.1 Å². The van der Waals surface area contributed by atoms with E-state index in [4.69, 9.17) is 0 Å². The van der Waals surface area contributed by atoms with Crippen LogP contribution in [-0.4, -0.2) is 20.8 Å². The summed E-state index contributed by atoms with van der Waals surface area (Å²) in [4.78, 5) is 0. The summed E-state index contributed by atoms with van der Waals surface area (Å²) >= 11 is 0. The third-order valence-corrected chi connectivity index (χ3v) is 4.17. The maximum atomic E-state index is 4.29. The molecule has 0 spiro atoms. The molecule has 114 valence electrons. The van der Waals surface area contributed by atoms with Crippen LogP contribution in [0.3, 0.4) is 0 Å². The first kappa shape index (κ1) is 15.7. The van der Waals surface area contributed by atoms with Gasteiger partial charge >= 0.3 is 0 Å². The second-order valence-corrected chi connectivity index (χ2v) is 6.06. The molecule has 0 saturated heterocycles. The lowest BCUT2D eigenvalue weighted by Gasteiger charge is -2.21. The van der Waals surface area contributed by atoms with Crippen molar-refractivity contribution in [3.63, 3.8) is 0 Å². The zero-order chi connectivity index (χ0) is 15.4. The Labute approximate surface area is 127 Å². The molecular weight excluding hydrogens is 260 g/mol. The van der Waals surface area contributed by atoms with Crippen LogP contribution in [0.5, 0.6) is 0 Å². The summed E-state index contributed by atoms with van der Waals surface area (Å²) in [6.07, 6.45) is 0. The highest BCUT2D eigenvalue weighted by molar-refractivity contribution is 5.20. The SMILES string of the molecule is CC(C)c1nnc(CNC(C)C(C)c2ccccc2)n1C.